The number of nitrogens with one attached hydrogen (secondary N) is 1. The molecule has 0 aromatic heterocycles. The molecule has 0 spiro atoms. The average Bonchev–Trinajstić information content (AvgIpc) is 2.81. The van der Waals surface area contributed by atoms with E-state index in [9.17, 15) is 19.2 Å². The molecule has 0 aliphatic carbocycles. The van der Waals surface area contributed by atoms with E-state index < -0.39 is 23.8 Å². The number of hydrogen-bond donors (Lipinski definition) is 1. The van der Waals surface area contributed by atoms with E-state index in [1.54, 1.807) is 37.3 Å². The SMILES string of the molecule is CCOC(=O)/C=C/c1ccc(NC(=O)CN2C(=O)CN(C)C2=O)cc1. The minimum Gasteiger partial charge on any atom is -0.463 e. The highest BCUT2D eigenvalue weighted by Crippen LogP contribution is 2.12. The van der Waals surface area contributed by atoms with Gasteiger partial charge in [0.1, 0.15) is 13.1 Å². The van der Waals surface area contributed by atoms with Gasteiger partial charge in [0.2, 0.25) is 5.91 Å². The summed E-state index contributed by atoms with van der Waals surface area (Å²) in [5, 5.41) is 2.62. The monoisotopic (exact) mass is 345 g/mol. The molecule has 0 bridgehead atoms. The van der Waals surface area contributed by atoms with Crippen LogP contribution >= 0.6 is 0 Å². The number of amides is 4. The topological polar surface area (TPSA) is 96.0 Å². The molecule has 8 heteroatoms. The minimum absolute atomic E-state index is 0.0202. The molecule has 8 nitrogen and oxygen atoms in total. The fraction of sp³-hybridized carbons (Fsp3) is 0.294. The second-order valence-electron chi connectivity index (χ2n) is 5.37. The van der Waals surface area contributed by atoms with Crippen LogP contribution in [0.5, 0.6) is 0 Å². The zero-order valence-electron chi connectivity index (χ0n) is 14.0. The molecular formula is C17H19N3O5. The quantitative estimate of drug-likeness (QED) is 0.473. The molecule has 132 valence electrons. The van der Waals surface area contributed by atoms with Crippen LogP contribution in [0.4, 0.5) is 10.5 Å². The van der Waals surface area contributed by atoms with Crippen molar-refractivity contribution in [1.82, 2.24) is 9.80 Å². The van der Waals surface area contributed by atoms with Crippen LogP contribution in [-0.2, 0) is 19.1 Å². The number of hydrogen-bond acceptors (Lipinski definition) is 5. The summed E-state index contributed by atoms with van der Waals surface area (Å²) in [6.45, 7) is 1.69. The number of ether oxygens (including phenoxy) is 1. The summed E-state index contributed by atoms with van der Waals surface area (Å²) in [6.07, 6.45) is 2.92. The number of rotatable bonds is 6. The number of benzene rings is 1. The van der Waals surface area contributed by atoms with Crippen molar-refractivity contribution < 1.29 is 23.9 Å². The first kappa shape index (κ1) is 18.2. The molecule has 4 amide bonds. The number of esters is 1. The Balaban J connectivity index is 1.90. The standard InChI is InChI=1S/C17H19N3O5/c1-3-25-16(23)9-6-12-4-7-13(8-5-12)18-14(21)10-20-15(22)11-19(2)17(20)24/h4-9H,3,10-11H2,1-2H3,(H,18,21)/b9-6+. The van der Waals surface area contributed by atoms with E-state index in [4.69, 9.17) is 4.74 Å². The molecule has 0 unspecified atom stereocenters. The molecule has 0 saturated carbocycles. The highest BCUT2D eigenvalue weighted by Gasteiger charge is 2.34. The Morgan fingerprint density at radius 3 is 2.48 bits per heavy atom. The van der Waals surface area contributed by atoms with Gasteiger partial charge in [-0.2, -0.15) is 0 Å². The number of nitrogens with zero attached hydrogens (tertiary/aromatic N) is 2. The summed E-state index contributed by atoms with van der Waals surface area (Å²) < 4.78 is 4.78. The molecule has 1 aliphatic rings. The first-order chi connectivity index (χ1) is 11.9. The van der Waals surface area contributed by atoms with Crippen LogP contribution in [0.1, 0.15) is 12.5 Å². The molecule has 1 aliphatic heterocycles. The summed E-state index contributed by atoms with van der Waals surface area (Å²) in [4.78, 5) is 48.8. The number of urea groups is 1. The maximum absolute atomic E-state index is 12.0. The lowest BCUT2D eigenvalue weighted by Crippen LogP contribution is -2.38. The Morgan fingerprint density at radius 2 is 1.92 bits per heavy atom. The number of likely N-dealkylation sites (N-methyl/N-ethyl adjacent to an activating group) is 1. The Morgan fingerprint density at radius 1 is 1.24 bits per heavy atom. The van der Waals surface area contributed by atoms with E-state index in [0.29, 0.717) is 12.3 Å². The maximum atomic E-state index is 12.0. The minimum atomic E-state index is -0.486. The molecule has 1 fully saturated rings. The van der Waals surface area contributed by atoms with Crippen molar-refractivity contribution in [3.8, 4) is 0 Å². The van der Waals surface area contributed by atoms with Gasteiger partial charge in [-0.25, -0.2) is 9.59 Å². The highest BCUT2D eigenvalue weighted by atomic mass is 16.5. The molecule has 0 atom stereocenters. The highest BCUT2D eigenvalue weighted by molar-refractivity contribution is 6.06. The molecule has 0 radical (unpaired) electrons. The maximum Gasteiger partial charge on any atom is 0.330 e. The zero-order chi connectivity index (χ0) is 18.4. The third-order valence-corrected chi connectivity index (χ3v) is 3.43. The summed E-state index contributed by atoms with van der Waals surface area (Å²) in [7, 11) is 1.50. The number of carbonyl (C=O) groups is 4. The molecular weight excluding hydrogens is 326 g/mol. The number of imide groups is 1. The van der Waals surface area contributed by atoms with Crippen LogP contribution in [0.2, 0.25) is 0 Å². The summed E-state index contributed by atoms with van der Waals surface area (Å²) in [5.41, 5.74) is 1.28. The van der Waals surface area contributed by atoms with Gasteiger partial charge in [-0.3, -0.25) is 14.5 Å². The molecule has 1 N–H and O–H groups in total. The van der Waals surface area contributed by atoms with Gasteiger partial charge in [0.25, 0.3) is 5.91 Å². The van der Waals surface area contributed by atoms with E-state index >= 15 is 0 Å². The second-order valence-corrected chi connectivity index (χ2v) is 5.37. The third kappa shape index (κ3) is 4.90. The fourth-order valence-corrected chi connectivity index (χ4v) is 2.20. The van der Waals surface area contributed by atoms with Gasteiger partial charge in [0.05, 0.1) is 6.61 Å². The van der Waals surface area contributed by atoms with Gasteiger partial charge in [0.15, 0.2) is 0 Å². The van der Waals surface area contributed by atoms with Gasteiger partial charge >= 0.3 is 12.0 Å². The normalized spacial score (nSPS) is 14.3. The molecule has 1 aromatic carbocycles. The smallest absolute Gasteiger partial charge is 0.330 e. The Hall–Kier alpha value is -3.16. The Kier molecular flexibility index (Phi) is 5.89. The summed E-state index contributed by atoms with van der Waals surface area (Å²) in [5.74, 6) is -1.29. The van der Waals surface area contributed by atoms with E-state index in [1.807, 2.05) is 0 Å². The van der Waals surface area contributed by atoms with Crippen molar-refractivity contribution >= 4 is 35.6 Å². The van der Waals surface area contributed by atoms with Crippen molar-refractivity contribution in [3.05, 3.63) is 35.9 Å². The largest absolute Gasteiger partial charge is 0.463 e. The molecule has 1 saturated heterocycles. The van der Waals surface area contributed by atoms with Crippen LogP contribution < -0.4 is 5.32 Å². The lowest BCUT2D eigenvalue weighted by molar-refractivity contribution is -0.137. The van der Waals surface area contributed by atoms with Gasteiger partial charge in [-0.05, 0) is 30.7 Å². The van der Waals surface area contributed by atoms with E-state index in [-0.39, 0.29) is 13.1 Å². The van der Waals surface area contributed by atoms with Crippen molar-refractivity contribution in [1.29, 1.82) is 0 Å². The molecule has 1 heterocycles. The third-order valence-electron chi connectivity index (χ3n) is 3.43. The van der Waals surface area contributed by atoms with Crippen LogP contribution in [0, 0.1) is 0 Å². The number of anilines is 1. The van der Waals surface area contributed by atoms with Crippen molar-refractivity contribution in [2.24, 2.45) is 0 Å². The van der Waals surface area contributed by atoms with Crippen molar-refractivity contribution in [2.75, 3.05) is 32.1 Å². The first-order valence-electron chi connectivity index (χ1n) is 7.71. The molecule has 25 heavy (non-hydrogen) atoms. The van der Waals surface area contributed by atoms with Gasteiger partial charge in [0, 0.05) is 18.8 Å². The summed E-state index contributed by atoms with van der Waals surface area (Å²) in [6, 6.07) is 6.25. The van der Waals surface area contributed by atoms with Gasteiger partial charge < -0.3 is 15.0 Å². The molecule has 1 aromatic rings. The lowest BCUT2D eigenvalue weighted by atomic mass is 10.2. The zero-order valence-corrected chi connectivity index (χ0v) is 14.0. The van der Waals surface area contributed by atoms with Gasteiger partial charge in [-0.1, -0.05) is 12.1 Å². The average molecular weight is 345 g/mol. The Bertz CT molecular complexity index is 711. The van der Waals surface area contributed by atoms with E-state index in [2.05, 4.69) is 5.32 Å². The van der Waals surface area contributed by atoms with Gasteiger partial charge in [-0.15, -0.1) is 0 Å². The summed E-state index contributed by atoms with van der Waals surface area (Å²) >= 11 is 0. The second kappa shape index (κ2) is 8.09. The van der Waals surface area contributed by atoms with Crippen molar-refractivity contribution in [2.45, 2.75) is 6.92 Å². The van der Waals surface area contributed by atoms with E-state index in [1.165, 1.54) is 18.0 Å². The van der Waals surface area contributed by atoms with Crippen LogP contribution in [0.3, 0.4) is 0 Å². The number of carbonyl (C=O) groups excluding carboxylic acids is 4. The van der Waals surface area contributed by atoms with Crippen LogP contribution in [-0.4, -0.2) is 60.4 Å². The molecule has 2 rings (SSSR count). The van der Waals surface area contributed by atoms with Crippen LogP contribution in [0.25, 0.3) is 6.08 Å². The van der Waals surface area contributed by atoms with E-state index in [0.717, 1.165) is 10.5 Å². The fourth-order valence-electron chi connectivity index (χ4n) is 2.20. The van der Waals surface area contributed by atoms with Crippen LogP contribution in [0.15, 0.2) is 30.3 Å². The predicted octanol–water partition coefficient (Wildman–Crippen LogP) is 1.10. The first-order valence-corrected chi connectivity index (χ1v) is 7.71. The lowest BCUT2D eigenvalue weighted by Gasteiger charge is -2.13. The Labute approximate surface area is 145 Å². The predicted molar refractivity (Wildman–Crippen MR) is 90.5 cm³/mol. The van der Waals surface area contributed by atoms with Crippen molar-refractivity contribution in [3.63, 3.8) is 0 Å².